The number of aliphatic hydroxyl groups is 1. The molecule has 1 aliphatic carbocycles. The molecule has 3 rings (SSSR count). The van der Waals surface area contributed by atoms with E-state index in [0.717, 1.165) is 6.07 Å². The molecule has 0 bridgehead atoms. The van der Waals surface area contributed by atoms with Crippen molar-refractivity contribution < 1.29 is 17.9 Å². The molecule has 1 aromatic carbocycles. The molecule has 0 unspecified atom stereocenters. The maximum absolute atomic E-state index is 13.4. The third-order valence-corrected chi connectivity index (χ3v) is 6.33. The number of rotatable bonds is 4. The molecule has 1 aliphatic rings. The van der Waals surface area contributed by atoms with Gasteiger partial charge in [-0.2, -0.15) is 5.26 Å². The molecule has 2 N–H and O–H groups in total. The SMILES string of the molecule is N#Cc1nc(-c2ccc(S(=O)(=O)N[C@H]3CC[C@H](O)CC3)cc2Cl)ccc1F. The zero-order chi connectivity index (χ0) is 19.6. The van der Waals surface area contributed by atoms with Crippen molar-refractivity contribution in [3.63, 3.8) is 0 Å². The Morgan fingerprint density at radius 1 is 1.22 bits per heavy atom. The van der Waals surface area contributed by atoms with Crippen LogP contribution < -0.4 is 4.72 Å². The van der Waals surface area contributed by atoms with Crippen LogP contribution in [0.2, 0.25) is 5.02 Å². The number of hydrogen-bond acceptors (Lipinski definition) is 5. The van der Waals surface area contributed by atoms with Crippen molar-refractivity contribution in [2.24, 2.45) is 0 Å². The molecular formula is C18H17ClFN3O3S. The first-order valence-electron chi connectivity index (χ1n) is 8.37. The first-order chi connectivity index (χ1) is 12.8. The highest BCUT2D eigenvalue weighted by atomic mass is 35.5. The van der Waals surface area contributed by atoms with Gasteiger partial charge in [-0.25, -0.2) is 22.5 Å². The molecule has 0 amide bonds. The van der Waals surface area contributed by atoms with Crippen molar-refractivity contribution in [3.8, 4) is 17.3 Å². The predicted molar refractivity (Wildman–Crippen MR) is 97.9 cm³/mol. The third-order valence-electron chi connectivity index (χ3n) is 4.50. The van der Waals surface area contributed by atoms with Crippen LogP contribution in [0.3, 0.4) is 0 Å². The summed E-state index contributed by atoms with van der Waals surface area (Å²) < 4.78 is 41.2. The summed E-state index contributed by atoms with van der Waals surface area (Å²) in [5.41, 5.74) is 0.311. The van der Waals surface area contributed by atoms with Crippen molar-refractivity contribution in [2.75, 3.05) is 0 Å². The van der Waals surface area contributed by atoms with Crippen molar-refractivity contribution in [3.05, 3.63) is 46.9 Å². The second kappa shape index (κ2) is 7.90. The summed E-state index contributed by atoms with van der Waals surface area (Å²) in [7, 11) is -3.77. The van der Waals surface area contributed by atoms with E-state index in [1.165, 1.54) is 24.3 Å². The van der Waals surface area contributed by atoms with Crippen LogP contribution in [-0.4, -0.2) is 30.7 Å². The normalized spacial score (nSPS) is 20.2. The minimum absolute atomic E-state index is 0.00462. The zero-order valence-electron chi connectivity index (χ0n) is 14.2. The standard InChI is InChI=1S/C18H17ClFN3O3S/c19-15-9-13(27(25,26)23-11-1-3-12(24)4-2-11)5-6-14(15)17-8-7-16(20)18(10-21)22-17/h5-9,11-12,23-24H,1-4H2/t11-,12-. The van der Waals surface area contributed by atoms with Gasteiger partial charge in [-0.15, -0.1) is 0 Å². The molecular weight excluding hydrogens is 393 g/mol. The minimum Gasteiger partial charge on any atom is -0.393 e. The lowest BCUT2D eigenvalue weighted by molar-refractivity contribution is 0.120. The Bertz CT molecular complexity index is 999. The summed E-state index contributed by atoms with van der Waals surface area (Å²) in [6.07, 6.45) is 1.89. The van der Waals surface area contributed by atoms with Gasteiger partial charge in [0.2, 0.25) is 10.0 Å². The molecule has 2 aromatic rings. The van der Waals surface area contributed by atoms with Crippen LogP contribution in [0.1, 0.15) is 31.4 Å². The molecule has 0 radical (unpaired) electrons. The highest BCUT2D eigenvalue weighted by Gasteiger charge is 2.25. The second-order valence-corrected chi connectivity index (χ2v) is 8.53. The Kier molecular flexibility index (Phi) is 5.77. The summed E-state index contributed by atoms with van der Waals surface area (Å²) >= 11 is 6.23. The molecule has 0 atom stereocenters. The van der Waals surface area contributed by atoms with Crippen molar-refractivity contribution in [1.82, 2.24) is 9.71 Å². The number of halogens is 2. The van der Waals surface area contributed by atoms with E-state index in [1.807, 2.05) is 0 Å². The van der Waals surface area contributed by atoms with E-state index in [1.54, 1.807) is 6.07 Å². The number of nitrogens with one attached hydrogen (secondary N) is 1. The largest absolute Gasteiger partial charge is 0.393 e. The van der Waals surface area contributed by atoms with E-state index in [-0.39, 0.29) is 33.5 Å². The summed E-state index contributed by atoms with van der Waals surface area (Å²) in [6.45, 7) is 0. The molecule has 0 aliphatic heterocycles. The van der Waals surface area contributed by atoms with Gasteiger partial charge >= 0.3 is 0 Å². The second-order valence-electron chi connectivity index (χ2n) is 6.41. The number of aliphatic hydroxyl groups excluding tert-OH is 1. The average Bonchev–Trinajstić information content (AvgIpc) is 2.64. The molecule has 1 heterocycles. The third kappa shape index (κ3) is 4.45. The highest BCUT2D eigenvalue weighted by Crippen LogP contribution is 2.30. The Labute approximate surface area is 161 Å². The highest BCUT2D eigenvalue weighted by molar-refractivity contribution is 7.89. The number of pyridine rings is 1. The molecule has 1 saturated carbocycles. The van der Waals surface area contributed by atoms with Gasteiger partial charge in [-0.1, -0.05) is 11.6 Å². The number of nitrogens with zero attached hydrogens (tertiary/aromatic N) is 2. The number of nitriles is 1. The van der Waals surface area contributed by atoms with Crippen LogP contribution in [0.25, 0.3) is 11.3 Å². The van der Waals surface area contributed by atoms with Crippen LogP contribution in [0.15, 0.2) is 35.2 Å². The van der Waals surface area contributed by atoms with Gasteiger partial charge < -0.3 is 5.11 Å². The van der Waals surface area contributed by atoms with Crippen LogP contribution in [0, 0.1) is 17.1 Å². The summed E-state index contributed by atoms with van der Waals surface area (Å²) in [5, 5.41) is 18.5. The van der Waals surface area contributed by atoms with E-state index >= 15 is 0 Å². The number of sulfonamides is 1. The molecule has 1 fully saturated rings. The molecule has 1 aromatic heterocycles. The maximum Gasteiger partial charge on any atom is 0.240 e. The topological polar surface area (TPSA) is 103 Å². The van der Waals surface area contributed by atoms with Crippen molar-refractivity contribution in [2.45, 2.75) is 42.7 Å². The smallest absolute Gasteiger partial charge is 0.240 e. The fraction of sp³-hybridized carbons (Fsp3) is 0.333. The lowest BCUT2D eigenvalue weighted by Crippen LogP contribution is -2.38. The van der Waals surface area contributed by atoms with E-state index in [9.17, 15) is 17.9 Å². The fourth-order valence-corrected chi connectivity index (χ4v) is 4.70. The molecule has 0 saturated heterocycles. The number of aromatic nitrogens is 1. The first kappa shape index (κ1) is 19.7. The predicted octanol–water partition coefficient (Wildman–Crippen LogP) is 2.99. The van der Waals surface area contributed by atoms with Crippen molar-refractivity contribution >= 4 is 21.6 Å². The van der Waals surface area contributed by atoms with E-state index in [2.05, 4.69) is 9.71 Å². The lowest BCUT2D eigenvalue weighted by Gasteiger charge is -2.26. The van der Waals surface area contributed by atoms with E-state index < -0.39 is 15.8 Å². The summed E-state index contributed by atoms with van der Waals surface area (Å²) in [4.78, 5) is 3.91. The minimum atomic E-state index is -3.77. The molecule has 142 valence electrons. The van der Waals surface area contributed by atoms with Gasteiger partial charge in [0.15, 0.2) is 11.5 Å². The first-order valence-corrected chi connectivity index (χ1v) is 10.2. The number of benzene rings is 1. The Morgan fingerprint density at radius 2 is 1.93 bits per heavy atom. The summed E-state index contributed by atoms with van der Waals surface area (Å²) in [6, 6.07) is 8.07. The molecule has 6 nitrogen and oxygen atoms in total. The van der Waals surface area contributed by atoms with Crippen LogP contribution >= 0.6 is 11.6 Å². The van der Waals surface area contributed by atoms with Crippen molar-refractivity contribution in [1.29, 1.82) is 5.26 Å². The fourth-order valence-electron chi connectivity index (χ4n) is 3.02. The van der Waals surface area contributed by atoms with E-state index in [0.29, 0.717) is 31.2 Å². The Morgan fingerprint density at radius 3 is 2.56 bits per heavy atom. The lowest BCUT2D eigenvalue weighted by atomic mass is 9.94. The van der Waals surface area contributed by atoms with Gasteiger partial charge in [0.25, 0.3) is 0 Å². The van der Waals surface area contributed by atoms with Gasteiger partial charge in [0, 0.05) is 11.6 Å². The van der Waals surface area contributed by atoms with Gasteiger partial charge in [-0.05, 0) is 56.0 Å². The number of hydrogen-bond donors (Lipinski definition) is 2. The molecule has 0 spiro atoms. The quantitative estimate of drug-likeness (QED) is 0.807. The van der Waals surface area contributed by atoms with Gasteiger partial charge in [-0.3, -0.25) is 0 Å². The molecule has 9 heteroatoms. The van der Waals surface area contributed by atoms with Crippen LogP contribution in [0.4, 0.5) is 4.39 Å². The van der Waals surface area contributed by atoms with Gasteiger partial charge in [0.1, 0.15) is 6.07 Å². The van der Waals surface area contributed by atoms with Crippen LogP contribution in [0.5, 0.6) is 0 Å². The average molecular weight is 410 g/mol. The zero-order valence-corrected chi connectivity index (χ0v) is 15.8. The van der Waals surface area contributed by atoms with Gasteiger partial charge in [0.05, 0.1) is 21.7 Å². The molecule has 27 heavy (non-hydrogen) atoms. The maximum atomic E-state index is 13.4. The summed E-state index contributed by atoms with van der Waals surface area (Å²) in [5.74, 6) is -0.738. The van der Waals surface area contributed by atoms with E-state index in [4.69, 9.17) is 16.9 Å². The Hall–Kier alpha value is -2.05. The Balaban J connectivity index is 1.85. The monoisotopic (exact) mass is 409 g/mol. The van der Waals surface area contributed by atoms with Crippen LogP contribution in [-0.2, 0) is 10.0 Å².